The molecule has 0 radical (unpaired) electrons. The van der Waals surface area contributed by atoms with Crippen molar-refractivity contribution >= 4 is 28.9 Å². The van der Waals surface area contributed by atoms with Gasteiger partial charge in [-0.1, -0.05) is 18.2 Å². The summed E-state index contributed by atoms with van der Waals surface area (Å²) in [5.41, 5.74) is 2.69. The first kappa shape index (κ1) is 20.9. The van der Waals surface area contributed by atoms with Gasteiger partial charge in [0.2, 0.25) is 5.91 Å². The van der Waals surface area contributed by atoms with Crippen LogP contribution in [0.5, 0.6) is 5.75 Å². The van der Waals surface area contributed by atoms with Crippen LogP contribution in [0, 0.1) is 0 Å². The summed E-state index contributed by atoms with van der Waals surface area (Å²) < 4.78 is 7.33. The van der Waals surface area contributed by atoms with E-state index in [2.05, 4.69) is 32.8 Å². The van der Waals surface area contributed by atoms with Crippen LogP contribution in [0.4, 0.5) is 5.69 Å². The third-order valence-electron chi connectivity index (χ3n) is 5.35. The van der Waals surface area contributed by atoms with Gasteiger partial charge in [0.05, 0.1) is 30.6 Å². The second-order valence-corrected chi connectivity index (χ2v) is 7.82. The van der Waals surface area contributed by atoms with Gasteiger partial charge in [0, 0.05) is 38.6 Å². The Morgan fingerprint density at radius 2 is 2.03 bits per heavy atom. The fraction of sp³-hybridized carbons (Fsp3) is 0.261. The molecule has 4 rings (SSSR count). The molecule has 2 atom stereocenters. The predicted octanol–water partition coefficient (Wildman–Crippen LogP) is 3.43. The van der Waals surface area contributed by atoms with E-state index in [0.717, 1.165) is 11.3 Å². The van der Waals surface area contributed by atoms with Crippen LogP contribution in [-0.2, 0) is 11.8 Å². The molecule has 1 aliphatic heterocycles. The van der Waals surface area contributed by atoms with E-state index in [4.69, 9.17) is 17.0 Å². The maximum atomic E-state index is 12.7. The number of carbonyl (C=O) groups excluding carboxylic acids is 1. The molecule has 7 nitrogen and oxygen atoms in total. The van der Waals surface area contributed by atoms with Crippen molar-refractivity contribution in [2.24, 2.45) is 7.05 Å². The Morgan fingerprint density at radius 1 is 1.23 bits per heavy atom. The van der Waals surface area contributed by atoms with Crippen molar-refractivity contribution in [3.63, 3.8) is 0 Å². The summed E-state index contributed by atoms with van der Waals surface area (Å²) in [6.07, 6.45) is 6.17. The van der Waals surface area contributed by atoms with Gasteiger partial charge in [-0.2, -0.15) is 0 Å². The molecule has 2 aromatic heterocycles. The van der Waals surface area contributed by atoms with Gasteiger partial charge >= 0.3 is 0 Å². The van der Waals surface area contributed by atoms with Crippen LogP contribution < -0.4 is 15.4 Å². The lowest BCUT2D eigenvalue weighted by Gasteiger charge is -2.27. The van der Waals surface area contributed by atoms with Gasteiger partial charge in [0.25, 0.3) is 0 Å². The fourth-order valence-electron chi connectivity index (χ4n) is 3.89. The molecule has 160 valence electrons. The van der Waals surface area contributed by atoms with E-state index in [1.807, 2.05) is 60.3 Å². The molecule has 0 unspecified atom stereocenters. The topological polar surface area (TPSA) is 71.4 Å². The Kier molecular flexibility index (Phi) is 6.18. The van der Waals surface area contributed by atoms with Gasteiger partial charge < -0.3 is 24.8 Å². The van der Waals surface area contributed by atoms with Crippen LogP contribution >= 0.6 is 12.2 Å². The number of hydrogen-bond donors (Lipinski definition) is 2. The SMILES string of the molecule is COc1ccccc1NC(=O)CCN1C(=S)N[C@@H](c2ccccn2)[C@H]1c1ccn(C)c1. The lowest BCUT2D eigenvalue weighted by molar-refractivity contribution is -0.116. The number of thiocarbonyl (C=S) groups is 1. The van der Waals surface area contributed by atoms with Gasteiger partial charge in [0.1, 0.15) is 5.75 Å². The summed E-state index contributed by atoms with van der Waals surface area (Å²) in [4.78, 5) is 19.3. The zero-order chi connectivity index (χ0) is 21.8. The van der Waals surface area contributed by atoms with Crippen molar-refractivity contribution in [3.8, 4) is 5.75 Å². The monoisotopic (exact) mass is 435 g/mol. The predicted molar refractivity (Wildman–Crippen MR) is 124 cm³/mol. The number of nitrogens with zero attached hydrogens (tertiary/aromatic N) is 3. The summed E-state index contributed by atoms with van der Waals surface area (Å²) in [5.74, 6) is 0.534. The van der Waals surface area contributed by atoms with Gasteiger partial charge in [-0.25, -0.2) is 0 Å². The van der Waals surface area contributed by atoms with Crippen LogP contribution in [-0.4, -0.2) is 39.1 Å². The number of ether oxygens (including phenoxy) is 1. The molecule has 1 amide bonds. The van der Waals surface area contributed by atoms with Crippen molar-refractivity contribution in [1.82, 2.24) is 19.8 Å². The van der Waals surface area contributed by atoms with Crippen LogP contribution in [0.1, 0.15) is 29.8 Å². The molecule has 2 N–H and O–H groups in total. The molecule has 8 heteroatoms. The Morgan fingerprint density at radius 3 is 2.74 bits per heavy atom. The van der Waals surface area contributed by atoms with Crippen molar-refractivity contribution in [1.29, 1.82) is 0 Å². The molecular formula is C23H25N5O2S. The van der Waals surface area contributed by atoms with Crippen molar-refractivity contribution in [3.05, 3.63) is 78.4 Å². The number of methoxy groups -OCH3 is 1. The molecule has 0 spiro atoms. The first-order valence-corrected chi connectivity index (χ1v) is 10.5. The lowest BCUT2D eigenvalue weighted by atomic mass is 9.99. The normalized spacial score (nSPS) is 18.0. The Bertz CT molecular complexity index is 1070. The average molecular weight is 436 g/mol. The number of rotatable bonds is 7. The number of carbonyl (C=O) groups is 1. The zero-order valence-corrected chi connectivity index (χ0v) is 18.3. The number of para-hydroxylation sites is 2. The third kappa shape index (κ3) is 4.54. The quantitative estimate of drug-likeness (QED) is 0.554. The number of aromatic nitrogens is 2. The average Bonchev–Trinajstić information content (AvgIpc) is 3.35. The van der Waals surface area contributed by atoms with Crippen LogP contribution in [0.15, 0.2) is 67.1 Å². The van der Waals surface area contributed by atoms with Crippen LogP contribution in [0.3, 0.4) is 0 Å². The second-order valence-electron chi connectivity index (χ2n) is 7.43. The van der Waals surface area contributed by atoms with E-state index in [1.54, 1.807) is 13.3 Å². The number of amides is 1. The molecule has 3 aromatic rings. The van der Waals surface area contributed by atoms with Gasteiger partial charge in [-0.3, -0.25) is 9.78 Å². The smallest absolute Gasteiger partial charge is 0.226 e. The summed E-state index contributed by atoms with van der Waals surface area (Å²) >= 11 is 5.65. The second kappa shape index (κ2) is 9.18. The Balaban J connectivity index is 1.52. The van der Waals surface area contributed by atoms with Crippen LogP contribution in [0.25, 0.3) is 0 Å². The van der Waals surface area contributed by atoms with E-state index in [0.29, 0.717) is 23.1 Å². The number of anilines is 1. The minimum Gasteiger partial charge on any atom is -0.495 e. The highest BCUT2D eigenvalue weighted by atomic mass is 32.1. The van der Waals surface area contributed by atoms with E-state index in [-0.39, 0.29) is 24.4 Å². The number of pyridine rings is 1. The van der Waals surface area contributed by atoms with E-state index in [1.165, 1.54) is 0 Å². The minimum atomic E-state index is -0.0969. The minimum absolute atomic E-state index is 0.0531. The number of hydrogen-bond acceptors (Lipinski definition) is 4. The summed E-state index contributed by atoms with van der Waals surface area (Å²) in [6.45, 7) is 0.482. The summed E-state index contributed by atoms with van der Waals surface area (Å²) in [5, 5.41) is 6.95. The van der Waals surface area contributed by atoms with Gasteiger partial charge in [-0.05, 0) is 48.1 Å². The maximum absolute atomic E-state index is 12.7. The Labute approximate surface area is 187 Å². The highest BCUT2D eigenvalue weighted by Crippen LogP contribution is 2.38. The molecule has 1 aromatic carbocycles. The Hall–Kier alpha value is -3.39. The van der Waals surface area contributed by atoms with Crippen molar-refractivity contribution in [2.45, 2.75) is 18.5 Å². The van der Waals surface area contributed by atoms with Gasteiger partial charge in [-0.15, -0.1) is 0 Å². The maximum Gasteiger partial charge on any atom is 0.226 e. The molecule has 1 saturated heterocycles. The molecule has 0 aliphatic carbocycles. The van der Waals surface area contributed by atoms with Crippen LogP contribution in [0.2, 0.25) is 0 Å². The fourth-order valence-corrected chi connectivity index (χ4v) is 4.22. The standard InChI is InChI=1S/C23H25N5O2S/c1-27-13-10-16(15-27)22-21(18-8-5-6-12-24-18)26-23(31)28(22)14-11-20(29)25-17-7-3-4-9-19(17)30-2/h3-10,12-13,15,21-22H,11,14H2,1-2H3,(H,25,29)(H,26,31)/t21-,22+/m0/s1. The van der Waals surface area contributed by atoms with Crippen molar-refractivity contribution in [2.75, 3.05) is 19.0 Å². The largest absolute Gasteiger partial charge is 0.495 e. The molecule has 1 fully saturated rings. The van der Waals surface area contributed by atoms with E-state index in [9.17, 15) is 4.79 Å². The number of aryl methyl sites for hydroxylation is 1. The molecule has 0 bridgehead atoms. The van der Waals surface area contributed by atoms with Crippen molar-refractivity contribution < 1.29 is 9.53 Å². The lowest BCUT2D eigenvalue weighted by Crippen LogP contribution is -2.32. The third-order valence-corrected chi connectivity index (χ3v) is 5.71. The molecule has 3 heterocycles. The highest BCUT2D eigenvalue weighted by molar-refractivity contribution is 7.80. The molecular weight excluding hydrogens is 410 g/mol. The van der Waals surface area contributed by atoms with E-state index >= 15 is 0 Å². The summed E-state index contributed by atoms with van der Waals surface area (Å²) in [6, 6.07) is 15.2. The first-order valence-electron chi connectivity index (χ1n) is 10.1. The highest BCUT2D eigenvalue weighted by Gasteiger charge is 2.40. The molecule has 0 saturated carbocycles. The summed E-state index contributed by atoms with van der Waals surface area (Å²) in [7, 11) is 3.58. The number of benzene rings is 1. The number of nitrogens with one attached hydrogen (secondary N) is 2. The van der Waals surface area contributed by atoms with E-state index < -0.39 is 0 Å². The zero-order valence-electron chi connectivity index (χ0n) is 17.5. The first-order chi connectivity index (χ1) is 15.1. The van der Waals surface area contributed by atoms with Gasteiger partial charge in [0.15, 0.2) is 5.11 Å². The molecule has 1 aliphatic rings. The molecule has 31 heavy (non-hydrogen) atoms.